The van der Waals surface area contributed by atoms with Crippen LogP contribution in [0.25, 0.3) is 0 Å². The number of hydrogen-bond donors (Lipinski definition) is 2. The van der Waals surface area contributed by atoms with Crippen LogP contribution in [0, 0.1) is 56.2 Å². The van der Waals surface area contributed by atoms with Crippen molar-refractivity contribution >= 4 is 5.78 Å². The molecule has 0 amide bonds. The average Bonchev–Trinajstić information content (AvgIpc) is 2.72. The first-order valence-corrected chi connectivity index (χ1v) is 14.4. The summed E-state index contributed by atoms with van der Waals surface area (Å²) in [5.74, 6) is 1.88. The van der Waals surface area contributed by atoms with Gasteiger partial charge < -0.3 is 10.2 Å². The second kappa shape index (κ2) is 7.33. The lowest BCUT2D eigenvalue weighted by molar-refractivity contribution is -0.276. The lowest BCUT2D eigenvalue weighted by atomic mass is 9.31. The Morgan fingerprint density at radius 3 is 2.06 bits per heavy atom. The van der Waals surface area contributed by atoms with E-state index in [1.165, 1.54) is 12.8 Å². The van der Waals surface area contributed by atoms with E-state index in [0.29, 0.717) is 23.5 Å². The quantitative estimate of drug-likeness (QED) is 0.442. The van der Waals surface area contributed by atoms with E-state index in [0.717, 1.165) is 51.4 Å². The maximum atomic E-state index is 13.2. The van der Waals surface area contributed by atoms with Gasteiger partial charge >= 0.3 is 0 Å². The topological polar surface area (TPSA) is 57.5 Å². The standard InChI is InChI=1S/C31H52O3/c1-19(32)31-15-13-26(2,3)18-20(31)25-21(33)17-23-28(6)11-10-24(34)27(4,5)22(28)9-12-29(23,7)30(25,8)14-16-31/h20-25,33-34H,9-18H2,1-8H3/t20?,21-,22+,23-,24+,25?,28+,29-,30-,31-/m1/s1. The molecule has 0 aromatic rings. The van der Waals surface area contributed by atoms with Gasteiger partial charge in [-0.3, -0.25) is 4.79 Å². The van der Waals surface area contributed by atoms with Crippen molar-refractivity contribution in [2.45, 2.75) is 132 Å². The van der Waals surface area contributed by atoms with Gasteiger partial charge in [0.05, 0.1) is 12.2 Å². The molecule has 5 saturated carbocycles. The van der Waals surface area contributed by atoms with Crippen LogP contribution in [0.3, 0.4) is 0 Å². The van der Waals surface area contributed by atoms with Crippen molar-refractivity contribution < 1.29 is 15.0 Å². The third-order valence-corrected chi connectivity index (χ3v) is 13.9. The molecular weight excluding hydrogens is 420 g/mol. The van der Waals surface area contributed by atoms with Crippen molar-refractivity contribution in [3.63, 3.8) is 0 Å². The van der Waals surface area contributed by atoms with E-state index in [1.807, 2.05) is 6.92 Å². The lowest BCUT2D eigenvalue weighted by Crippen LogP contribution is -2.70. The first-order chi connectivity index (χ1) is 15.6. The van der Waals surface area contributed by atoms with Crippen LogP contribution in [0.2, 0.25) is 0 Å². The molecule has 0 aromatic heterocycles. The Hall–Kier alpha value is -0.410. The zero-order valence-corrected chi connectivity index (χ0v) is 23.3. The van der Waals surface area contributed by atoms with Crippen LogP contribution in [-0.2, 0) is 4.79 Å². The molecule has 2 N–H and O–H groups in total. The Morgan fingerprint density at radius 1 is 0.765 bits per heavy atom. The molecule has 0 saturated heterocycles. The molecule has 10 atom stereocenters. The number of carbonyl (C=O) groups is 1. The van der Waals surface area contributed by atoms with Gasteiger partial charge in [-0.1, -0.05) is 48.5 Å². The predicted octanol–water partition coefficient (Wildman–Crippen LogP) is 6.79. The summed E-state index contributed by atoms with van der Waals surface area (Å²) in [4.78, 5) is 13.2. The van der Waals surface area contributed by atoms with Crippen molar-refractivity contribution in [2.24, 2.45) is 56.2 Å². The minimum atomic E-state index is -0.327. The van der Waals surface area contributed by atoms with Gasteiger partial charge in [0.2, 0.25) is 0 Å². The summed E-state index contributed by atoms with van der Waals surface area (Å²) >= 11 is 0. The number of carbonyl (C=O) groups excluding carboxylic acids is 1. The summed E-state index contributed by atoms with van der Waals surface area (Å²) in [6, 6.07) is 0. The molecule has 0 bridgehead atoms. The van der Waals surface area contributed by atoms with Gasteiger partial charge in [0.15, 0.2) is 0 Å². The second-order valence-corrected chi connectivity index (χ2v) is 15.9. The molecule has 5 aliphatic rings. The number of Topliss-reactive ketones (excluding diaryl/α,β-unsaturated/α-hetero) is 1. The summed E-state index contributed by atoms with van der Waals surface area (Å²) in [6.07, 6.45) is 9.94. The molecule has 5 rings (SSSR count). The summed E-state index contributed by atoms with van der Waals surface area (Å²) in [7, 11) is 0. The minimum Gasteiger partial charge on any atom is -0.393 e. The number of rotatable bonds is 1. The molecule has 0 aromatic carbocycles. The molecule has 0 radical (unpaired) electrons. The van der Waals surface area contributed by atoms with Gasteiger partial charge in [-0.25, -0.2) is 0 Å². The van der Waals surface area contributed by atoms with Crippen molar-refractivity contribution in [3.05, 3.63) is 0 Å². The number of aliphatic hydroxyl groups excluding tert-OH is 2. The van der Waals surface area contributed by atoms with E-state index in [-0.39, 0.29) is 50.6 Å². The Kier molecular flexibility index (Phi) is 5.45. The van der Waals surface area contributed by atoms with Gasteiger partial charge in [0, 0.05) is 5.41 Å². The van der Waals surface area contributed by atoms with Crippen molar-refractivity contribution in [2.75, 3.05) is 0 Å². The molecule has 34 heavy (non-hydrogen) atoms. The third kappa shape index (κ3) is 2.98. The van der Waals surface area contributed by atoms with E-state index >= 15 is 0 Å². The van der Waals surface area contributed by atoms with E-state index in [2.05, 4.69) is 48.5 Å². The zero-order valence-electron chi connectivity index (χ0n) is 23.3. The smallest absolute Gasteiger partial charge is 0.136 e. The van der Waals surface area contributed by atoms with Crippen LogP contribution in [0.5, 0.6) is 0 Å². The minimum absolute atomic E-state index is 0.0561. The highest BCUT2D eigenvalue weighted by molar-refractivity contribution is 5.83. The fraction of sp³-hybridized carbons (Fsp3) is 0.968. The van der Waals surface area contributed by atoms with Gasteiger partial charge in [-0.15, -0.1) is 0 Å². The highest BCUT2D eigenvalue weighted by Crippen LogP contribution is 2.77. The second-order valence-electron chi connectivity index (χ2n) is 15.9. The Labute approximate surface area is 208 Å². The highest BCUT2D eigenvalue weighted by Gasteiger charge is 2.72. The first-order valence-electron chi connectivity index (χ1n) is 14.4. The number of fused-ring (bicyclic) bond motifs is 7. The molecule has 194 valence electrons. The van der Waals surface area contributed by atoms with Crippen molar-refractivity contribution in [3.8, 4) is 0 Å². The van der Waals surface area contributed by atoms with E-state index in [1.54, 1.807) is 0 Å². The third-order valence-electron chi connectivity index (χ3n) is 13.9. The van der Waals surface area contributed by atoms with E-state index < -0.39 is 0 Å². The van der Waals surface area contributed by atoms with Crippen LogP contribution in [0.15, 0.2) is 0 Å². The summed E-state index contributed by atoms with van der Waals surface area (Å²) in [5.41, 5.74) is 0.340. The van der Waals surface area contributed by atoms with Crippen LogP contribution in [0.1, 0.15) is 120 Å². The zero-order chi connectivity index (χ0) is 25.1. The predicted molar refractivity (Wildman–Crippen MR) is 137 cm³/mol. The Bertz CT molecular complexity index is 861. The van der Waals surface area contributed by atoms with Crippen LogP contribution in [0.4, 0.5) is 0 Å². The first kappa shape index (κ1) is 25.2. The molecule has 3 nitrogen and oxygen atoms in total. The number of ketones is 1. The fourth-order valence-electron chi connectivity index (χ4n) is 11.6. The largest absolute Gasteiger partial charge is 0.393 e. The molecule has 0 spiro atoms. The molecule has 3 heteroatoms. The highest BCUT2D eigenvalue weighted by atomic mass is 16.3. The van der Waals surface area contributed by atoms with Crippen LogP contribution in [-0.4, -0.2) is 28.2 Å². The molecule has 2 unspecified atom stereocenters. The number of hydrogen-bond acceptors (Lipinski definition) is 3. The van der Waals surface area contributed by atoms with Gasteiger partial charge in [-0.05, 0) is 122 Å². The molecule has 0 heterocycles. The van der Waals surface area contributed by atoms with Gasteiger partial charge in [-0.2, -0.15) is 0 Å². The maximum Gasteiger partial charge on any atom is 0.136 e. The van der Waals surface area contributed by atoms with Gasteiger partial charge in [0.25, 0.3) is 0 Å². The normalized spacial score (nSPS) is 55.8. The van der Waals surface area contributed by atoms with E-state index in [9.17, 15) is 15.0 Å². The van der Waals surface area contributed by atoms with Crippen LogP contribution >= 0.6 is 0 Å². The molecular formula is C31H52O3. The molecule has 5 fully saturated rings. The SMILES string of the molecule is CC(=O)[C@]12CCC(C)(C)CC1C1[C@H](O)C[C@@H]3[C@@]4(C)CC[C@H](O)C(C)(C)[C@@H]4CC[C@@]3(C)[C@]1(C)CC2. The fourth-order valence-corrected chi connectivity index (χ4v) is 11.6. The molecule has 0 aliphatic heterocycles. The Morgan fingerprint density at radius 2 is 1.41 bits per heavy atom. The summed E-state index contributed by atoms with van der Waals surface area (Å²) in [5, 5.41) is 23.0. The molecule has 5 aliphatic carbocycles. The maximum absolute atomic E-state index is 13.2. The van der Waals surface area contributed by atoms with Gasteiger partial charge in [0.1, 0.15) is 5.78 Å². The summed E-state index contributed by atoms with van der Waals surface area (Å²) in [6.45, 7) is 18.8. The Balaban J connectivity index is 1.59. The average molecular weight is 473 g/mol. The van der Waals surface area contributed by atoms with E-state index in [4.69, 9.17) is 0 Å². The van der Waals surface area contributed by atoms with Crippen LogP contribution < -0.4 is 0 Å². The summed E-state index contributed by atoms with van der Waals surface area (Å²) < 4.78 is 0. The number of aliphatic hydroxyl groups is 2. The van der Waals surface area contributed by atoms with Crippen molar-refractivity contribution in [1.29, 1.82) is 0 Å². The monoisotopic (exact) mass is 472 g/mol. The lowest BCUT2D eigenvalue weighted by Gasteiger charge is -2.74. The van der Waals surface area contributed by atoms with Crippen molar-refractivity contribution in [1.82, 2.24) is 0 Å².